The van der Waals surface area contributed by atoms with Gasteiger partial charge in [-0.05, 0) is 37.6 Å². The number of aryl methyl sites for hydroxylation is 2. The summed E-state index contributed by atoms with van der Waals surface area (Å²) in [4.78, 5) is 9.52. The van der Waals surface area contributed by atoms with Gasteiger partial charge in [-0.2, -0.15) is 0 Å². The highest BCUT2D eigenvalue weighted by Gasteiger charge is 2.18. The molecule has 1 aromatic heterocycles. The lowest BCUT2D eigenvalue weighted by molar-refractivity contribution is 0.140. The average Bonchev–Trinajstić information content (AvgIpc) is 3.39. The third-order valence-electron chi connectivity index (χ3n) is 5.45. The third-order valence-corrected chi connectivity index (χ3v) is 5.45. The van der Waals surface area contributed by atoms with E-state index in [1.807, 2.05) is 25.2 Å². The van der Waals surface area contributed by atoms with Gasteiger partial charge in [-0.15, -0.1) is 0 Å². The Hall–Kier alpha value is -3.06. The fourth-order valence-corrected chi connectivity index (χ4v) is 3.71. The fourth-order valence-electron chi connectivity index (χ4n) is 3.71. The lowest BCUT2D eigenvalue weighted by Gasteiger charge is -2.16. The summed E-state index contributed by atoms with van der Waals surface area (Å²) in [5, 5.41) is 6.73. The third kappa shape index (κ3) is 5.17. The molecule has 1 fully saturated rings. The minimum Gasteiger partial charge on any atom is -0.488 e. The molecular weight excluding hydrogens is 390 g/mol. The molecule has 1 aliphatic heterocycles. The quantitative estimate of drug-likeness (QED) is 0.452. The van der Waals surface area contributed by atoms with Crippen LogP contribution < -0.4 is 15.4 Å². The second-order valence-electron chi connectivity index (χ2n) is 7.84. The van der Waals surface area contributed by atoms with Crippen molar-refractivity contribution < 1.29 is 9.47 Å². The van der Waals surface area contributed by atoms with Crippen LogP contribution in [-0.4, -0.2) is 41.4 Å². The van der Waals surface area contributed by atoms with E-state index in [4.69, 9.17) is 19.5 Å². The Morgan fingerprint density at radius 2 is 2.13 bits per heavy atom. The lowest BCUT2D eigenvalue weighted by Crippen LogP contribution is -2.37. The Kier molecular flexibility index (Phi) is 6.72. The van der Waals surface area contributed by atoms with Gasteiger partial charge in [0.15, 0.2) is 5.96 Å². The summed E-state index contributed by atoms with van der Waals surface area (Å²) in [6.45, 7) is 7.46. The monoisotopic (exact) mass is 421 g/mol. The van der Waals surface area contributed by atoms with Crippen LogP contribution in [0.1, 0.15) is 30.3 Å². The van der Waals surface area contributed by atoms with Gasteiger partial charge in [0.25, 0.3) is 0 Å². The number of imidazole rings is 1. The van der Waals surface area contributed by atoms with Gasteiger partial charge in [-0.3, -0.25) is 0 Å². The van der Waals surface area contributed by atoms with Crippen molar-refractivity contribution in [3.05, 3.63) is 59.4 Å². The zero-order valence-corrected chi connectivity index (χ0v) is 18.5. The van der Waals surface area contributed by atoms with Crippen LogP contribution in [-0.2, 0) is 24.9 Å². The molecule has 7 heteroatoms. The topological polar surface area (TPSA) is 72.7 Å². The summed E-state index contributed by atoms with van der Waals surface area (Å²) < 4.78 is 13.8. The fraction of sp³-hybridized carbons (Fsp3) is 0.417. The zero-order valence-electron chi connectivity index (χ0n) is 18.5. The molecule has 2 heterocycles. The highest BCUT2D eigenvalue weighted by atomic mass is 16.5. The number of aromatic nitrogens is 2. The molecule has 164 valence electrons. The summed E-state index contributed by atoms with van der Waals surface area (Å²) in [6, 6.07) is 14.4. The van der Waals surface area contributed by atoms with E-state index < -0.39 is 0 Å². The van der Waals surface area contributed by atoms with Gasteiger partial charge < -0.3 is 24.7 Å². The molecule has 1 aliphatic rings. The predicted molar refractivity (Wildman–Crippen MR) is 123 cm³/mol. The van der Waals surface area contributed by atoms with Gasteiger partial charge in [-0.1, -0.05) is 24.3 Å². The van der Waals surface area contributed by atoms with E-state index in [0.717, 1.165) is 53.7 Å². The summed E-state index contributed by atoms with van der Waals surface area (Å²) in [5.41, 5.74) is 4.37. The van der Waals surface area contributed by atoms with Gasteiger partial charge in [0.2, 0.25) is 0 Å². The number of ether oxygens (including phenoxy) is 2. The highest BCUT2D eigenvalue weighted by Crippen LogP contribution is 2.24. The second-order valence-corrected chi connectivity index (χ2v) is 7.84. The van der Waals surface area contributed by atoms with Gasteiger partial charge >= 0.3 is 0 Å². The Morgan fingerprint density at radius 3 is 2.90 bits per heavy atom. The van der Waals surface area contributed by atoms with E-state index >= 15 is 0 Å². The van der Waals surface area contributed by atoms with Gasteiger partial charge in [-0.25, -0.2) is 9.98 Å². The predicted octanol–water partition coefficient (Wildman–Crippen LogP) is 3.30. The summed E-state index contributed by atoms with van der Waals surface area (Å²) >= 11 is 0. The molecule has 1 saturated heterocycles. The molecule has 7 nitrogen and oxygen atoms in total. The van der Waals surface area contributed by atoms with E-state index in [2.05, 4.69) is 53.3 Å². The molecule has 1 unspecified atom stereocenters. The standard InChI is InChI=1S/C24H31N5O2/c1-4-25-24(27-15-23-28-20-7-5-6-8-21(20)29(23)3)26-14-18-10-9-17(2)13-22(18)31-19-11-12-30-16-19/h5-10,13,19H,4,11-12,14-16H2,1-3H3,(H2,25,26,27). The van der Waals surface area contributed by atoms with E-state index in [0.29, 0.717) is 19.7 Å². The van der Waals surface area contributed by atoms with Crippen molar-refractivity contribution in [1.29, 1.82) is 0 Å². The molecule has 2 N–H and O–H groups in total. The molecule has 0 amide bonds. The van der Waals surface area contributed by atoms with Crippen molar-refractivity contribution in [2.75, 3.05) is 19.8 Å². The molecule has 1 atom stereocenters. The van der Waals surface area contributed by atoms with Crippen LogP contribution in [0.25, 0.3) is 11.0 Å². The molecule has 4 rings (SSSR count). The van der Waals surface area contributed by atoms with E-state index in [1.165, 1.54) is 5.56 Å². The van der Waals surface area contributed by atoms with Crippen molar-refractivity contribution in [2.24, 2.45) is 12.0 Å². The summed E-state index contributed by atoms with van der Waals surface area (Å²) in [7, 11) is 2.04. The van der Waals surface area contributed by atoms with Gasteiger partial charge in [0.1, 0.15) is 17.7 Å². The van der Waals surface area contributed by atoms with Crippen molar-refractivity contribution in [1.82, 2.24) is 20.2 Å². The van der Waals surface area contributed by atoms with Crippen LogP contribution in [0, 0.1) is 6.92 Å². The van der Waals surface area contributed by atoms with Gasteiger partial charge in [0.05, 0.1) is 37.3 Å². The number of hydrogen-bond donors (Lipinski definition) is 2. The van der Waals surface area contributed by atoms with Crippen LogP contribution in [0.5, 0.6) is 5.75 Å². The van der Waals surface area contributed by atoms with Crippen molar-refractivity contribution in [3.8, 4) is 5.75 Å². The Balaban J connectivity index is 1.46. The summed E-state index contributed by atoms with van der Waals surface area (Å²) in [6.07, 6.45) is 1.05. The molecule has 3 aromatic rings. The normalized spacial score (nSPS) is 16.6. The zero-order chi connectivity index (χ0) is 21.6. The first-order valence-corrected chi connectivity index (χ1v) is 10.9. The van der Waals surface area contributed by atoms with Crippen LogP contribution in [0.2, 0.25) is 0 Å². The molecule has 2 aromatic carbocycles. The number of nitrogens with zero attached hydrogens (tertiary/aromatic N) is 3. The van der Waals surface area contributed by atoms with Crippen LogP contribution in [0.3, 0.4) is 0 Å². The van der Waals surface area contributed by atoms with E-state index in [1.54, 1.807) is 0 Å². The number of hydrogen-bond acceptors (Lipinski definition) is 4. The number of rotatable bonds is 7. The number of aliphatic imine (C=N–C) groups is 1. The Bertz CT molecular complexity index is 1050. The van der Waals surface area contributed by atoms with E-state index in [-0.39, 0.29) is 6.10 Å². The minimum atomic E-state index is 0.119. The molecular formula is C24H31N5O2. The van der Waals surface area contributed by atoms with Crippen LogP contribution in [0.15, 0.2) is 47.5 Å². The highest BCUT2D eigenvalue weighted by molar-refractivity contribution is 5.80. The molecule has 0 spiro atoms. The van der Waals surface area contributed by atoms with Crippen LogP contribution in [0.4, 0.5) is 0 Å². The smallest absolute Gasteiger partial charge is 0.191 e. The maximum atomic E-state index is 6.21. The lowest BCUT2D eigenvalue weighted by atomic mass is 10.1. The average molecular weight is 422 g/mol. The molecule has 31 heavy (non-hydrogen) atoms. The number of benzene rings is 2. The van der Waals surface area contributed by atoms with Crippen molar-refractivity contribution in [2.45, 2.75) is 39.5 Å². The van der Waals surface area contributed by atoms with Crippen molar-refractivity contribution in [3.63, 3.8) is 0 Å². The van der Waals surface area contributed by atoms with E-state index in [9.17, 15) is 0 Å². The molecule has 0 bridgehead atoms. The first-order chi connectivity index (χ1) is 15.1. The number of nitrogens with one attached hydrogen (secondary N) is 2. The second kappa shape index (κ2) is 9.83. The first kappa shape index (κ1) is 21.2. The number of guanidine groups is 1. The summed E-state index contributed by atoms with van der Waals surface area (Å²) in [5.74, 6) is 2.61. The molecule has 0 aliphatic carbocycles. The van der Waals surface area contributed by atoms with Crippen LogP contribution >= 0.6 is 0 Å². The number of para-hydroxylation sites is 2. The molecule has 0 saturated carbocycles. The van der Waals surface area contributed by atoms with Gasteiger partial charge in [0, 0.05) is 25.6 Å². The maximum Gasteiger partial charge on any atom is 0.191 e. The number of fused-ring (bicyclic) bond motifs is 1. The molecule has 0 radical (unpaired) electrons. The first-order valence-electron chi connectivity index (χ1n) is 10.9. The largest absolute Gasteiger partial charge is 0.488 e. The maximum absolute atomic E-state index is 6.21. The Labute approximate surface area is 183 Å². The minimum absolute atomic E-state index is 0.119. The van der Waals surface area contributed by atoms with Crippen molar-refractivity contribution >= 4 is 17.0 Å². The SMILES string of the molecule is CCNC(=NCc1ccc(C)cc1OC1CCOC1)NCc1nc2ccccc2n1C. The Morgan fingerprint density at radius 1 is 1.26 bits per heavy atom.